The van der Waals surface area contributed by atoms with Gasteiger partial charge in [-0.05, 0) is 29.8 Å². The molecule has 132 valence electrons. The number of ether oxygens (including phenoxy) is 3. The summed E-state index contributed by atoms with van der Waals surface area (Å²) in [5, 5.41) is 2.91. The van der Waals surface area contributed by atoms with E-state index in [0.717, 1.165) is 18.4 Å². The van der Waals surface area contributed by atoms with Crippen LogP contribution in [0.25, 0.3) is 0 Å². The van der Waals surface area contributed by atoms with E-state index in [1.807, 2.05) is 44.2 Å². The van der Waals surface area contributed by atoms with Gasteiger partial charge in [0.05, 0.1) is 6.61 Å². The summed E-state index contributed by atoms with van der Waals surface area (Å²) in [6.45, 7) is 4.54. The second-order valence-electron chi connectivity index (χ2n) is 6.07. The summed E-state index contributed by atoms with van der Waals surface area (Å²) in [6, 6.07) is 12.8. The van der Waals surface area contributed by atoms with E-state index >= 15 is 0 Å². The van der Waals surface area contributed by atoms with Crippen LogP contribution in [0.2, 0.25) is 0 Å². The molecule has 0 aliphatic carbocycles. The lowest BCUT2D eigenvalue weighted by atomic mass is 10.1. The van der Waals surface area contributed by atoms with E-state index < -0.39 is 5.79 Å². The van der Waals surface area contributed by atoms with Crippen molar-refractivity contribution in [2.45, 2.75) is 39.1 Å². The topological polar surface area (TPSA) is 56.8 Å². The van der Waals surface area contributed by atoms with Crippen molar-refractivity contribution in [2.24, 2.45) is 0 Å². The molecule has 25 heavy (non-hydrogen) atoms. The summed E-state index contributed by atoms with van der Waals surface area (Å²) in [7, 11) is 1.63. The van der Waals surface area contributed by atoms with Crippen LogP contribution in [0.4, 0.5) is 5.69 Å². The van der Waals surface area contributed by atoms with Crippen molar-refractivity contribution in [1.29, 1.82) is 0 Å². The van der Waals surface area contributed by atoms with Crippen LogP contribution in [0, 0.1) is 0 Å². The largest absolute Gasteiger partial charge is 0.448 e. The fourth-order valence-corrected chi connectivity index (χ4v) is 2.88. The van der Waals surface area contributed by atoms with Crippen molar-refractivity contribution in [3.63, 3.8) is 0 Å². The Balaban J connectivity index is 1.75. The monoisotopic (exact) mass is 341 g/mol. The van der Waals surface area contributed by atoms with Gasteiger partial charge in [-0.3, -0.25) is 4.79 Å². The van der Waals surface area contributed by atoms with Crippen LogP contribution >= 0.6 is 0 Å². The molecule has 0 saturated heterocycles. The van der Waals surface area contributed by atoms with Gasteiger partial charge in [-0.2, -0.15) is 0 Å². The highest BCUT2D eigenvalue weighted by atomic mass is 16.7. The number of methoxy groups -OCH3 is 1. The minimum absolute atomic E-state index is 0.172. The SMILES string of the molecule is CCC1(CC)Oc2ccc(NC(=O)c3cccc(COC)c3)cc2O1. The first-order valence-corrected chi connectivity index (χ1v) is 8.50. The maximum atomic E-state index is 12.5. The number of amides is 1. The van der Waals surface area contributed by atoms with E-state index in [1.165, 1.54) is 0 Å². The summed E-state index contributed by atoms with van der Waals surface area (Å²) in [5.41, 5.74) is 2.22. The minimum Gasteiger partial charge on any atom is -0.448 e. The molecule has 2 aromatic carbocycles. The van der Waals surface area contributed by atoms with Gasteiger partial charge < -0.3 is 19.5 Å². The number of nitrogens with one attached hydrogen (secondary N) is 1. The molecular weight excluding hydrogens is 318 g/mol. The van der Waals surface area contributed by atoms with Gasteiger partial charge >= 0.3 is 0 Å². The maximum absolute atomic E-state index is 12.5. The standard InChI is InChI=1S/C20H23NO4/c1-4-20(5-2)24-17-10-9-16(12-18(17)25-20)21-19(22)15-8-6-7-14(11-15)13-23-3/h6-12H,4-5,13H2,1-3H3,(H,21,22). The zero-order chi connectivity index (χ0) is 17.9. The first-order chi connectivity index (χ1) is 12.1. The fourth-order valence-electron chi connectivity index (χ4n) is 2.88. The second kappa shape index (κ2) is 7.15. The van der Waals surface area contributed by atoms with Crippen LogP contribution in [0.1, 0.15) is 42.6 Å². The second-order valence-corrected chi connectivity index (χ2v) is 6.07. The molecule has 0 radical (unpaired) electrons. The number of hydrogen-bond acceptors (Lipinski definition) is 4. The molecule has 0 aromatic heterocycles. The molecule has 3 rings (SSSR count). The van der Waals surface area contributed by atoms with Crippen LogP contribution in [-0.4, -0.2) is 18.8 Å². The zero-order valence-corrected chi connectivity index (χ0v) is 14.8. The summed E-state index contributed by atoms with van der Waals surface area (Å²) in [4.78, 5) is 12.5. The highest BCUT2D eigenvalue weighted by molar-refractivity contribution is 6.04. The van der Waals surface area contributed by atoms with Gasteiger partial charge in [-0.1, -0.05) is 26.0 Å². The predicted molar refractivity (Wildman–Crippen MR) is 96.1 cm³/mol. The Kier molecular flexibility index (Phi) is 4.95. The Labute approximate surface area is 147 Å². The molecule has 2 aromatic rings. The normalized spacial score (nSPS) is 14.4. The average Bonchev–Trinajstić information content (AvgIpc) is 3.01. The van der Waals surface area contributed by atoms with Gasteiger partial charge in [0.1, 0.15) is 0 Å². The van der Waals surface area contributed by atoms with E-state index in [9.17, 15) is 4.79 Å². The molecule has 5 nitrogen and oxygen atoms in total. The van der Waals surface area contributed by atoms with Crippen LogP contribution in [0.3, 0.4) is 0 Å². The highest BCUT2D eigenvalue weighted by Gasteiger charge is 2.38. The van der Waals surface area contributed by atoms with Crippen molar-refractivity contribution in [1.82, 2.24) is 0 Å². The molecule has 0 saturated carbocycles. The van der Waals surface area contributed by atoms with Crippen LogP contribution in [0.15, 0.2) is 42.5 Å². The predicted octanol–water partition coefficient (Wildman–Crippen LogP) is 4.37. The lowest BCUT2D eigenvalue weighted by Gasteiger charge is -2.24. The third-order valence-electron chi connectivity index (χ3n) is 4.37. The van der Waals surface area contributed by atoms with Crippen molar-refractivity contribution in [3.05, 3.63) is 53.6 Å². The molecule has 0 atom stereocenters. The number of hydrogen-bond donors (Lipinski definition) is 1. The zero-order valence-electron chi connectivity index (χ0n) is 14.8. The minimum atomic E-state index is -0.598. The third-order valence-corrected chi connectivity index (χ3v) is 4.37. The van der Waals surface area contributed by atoms with E-state index in [0.29, 0.717) is 29.4 Å². The number of carbonyl (C=O) groups is 1. The number of fused-ring (bicyclic) bond motifs is 1. The van der Waals surface area contributed by atoms with Crippen molar-refractivity contribution in [2.75, 3.05) is 12.4 Å². The molecule has 1 amide bonds. The molecule has 1 aliphatic rings. The molecular formula is C20H23NO4. The van der Waals surface area contributed by atoms with Crippen molar-refractivity contribution >= 4 is 11.6 Å². The van der Waals surface area contributed by atoms with Crippen molar-refractivity contribution in [3.8, 4) is 11.5 Å². The number of anilines is 1. The van der Waals surface area contributed by atoms with Gasteiger partial charge in [-0.25, -0.2) is 0 Å². The Bertz CT molecular complexity index is 768. The Morgan fingerprint density at radius 2 is 1.84 bits per heavy atom. The van der Waals surface area contributed by atoms with Gasteiger partial charge in [-0.15, -0.1) is 0 Å². The summed E-state index contributed by atoms with van der Waals surface area (Å²) < 4.78 is 17.0. The lowest BCUT2D eigenvalue weighted by Crippen LogP contribution is -2.36. The van der Waals surface area contributed by atoms with Gasteiger partial charge in [0.25, 0.3) is 11.7 Å². The molecule has 1 aliphatic heterocycles. The first kappa shape index (κ1) is 17.3. The number of carbonyl (C=O) groups excluding carboxylic acids is 1. The van der Waals surface area contributed by atoms with Crippen LogP contribution < -0.4 is 14.8 Å². The van der Waals surface area contributed by atoms with Gasteiger partial charge in [0, 0.05) is 37.3 Å². The third kappa shape index (κ3) is 3.61. The Hall–Kier alpha value is -2.53. The molecule has 0 spiro atoms. The van der Waals surface area contributed by atoms with E-state index in [1.54, 1.807) is 19.2 Å². The molecule has 5 heteroatoms. The molecule has 0 fully saturated rings. The van der Waals surface area contributed by atoms with E-state index in [4.69, 9.17) is 14.2 Å². The Morgan fingerprint density at radius 3 is 2.56 bits per heavy atom. The number of rotatable bonds is 6. The van der Waals surface area contributed by atoms with E-state index in [-0.39, 0.29) is 5.91 Å². The van der Waals surface area contributed by atoms with Crippen LogP contribution in [0.5, 0.6) is 11.5 Å². The molecule has 1 N–H and O–H groups in total. The van der Waals surface area contributed by atoms with E-state index in [2.05, 4.69) is 5.32 Å². The molecule has 0 bridgehead atoms. The fraction of sp³-hybridized carbons (Fsp3) is 0.350. The smallest absolute Gasteiger partial charge is 0.255 e. The van der Waals surface area contributed by atoms with Gasteiger partial charge in [0.15, 0.2) is 11.5 Å². The van der Waals surface area contributed by atoms with Gasteiger partial charge in [0.2, 0.25) is 0 Å². The summed E-state index contributed by atoms with van der Waals surface area (Å²) >= 11 is 0. The molecule has 1 heterocycles. The highest BCUT2D eigenvalue weighted by Crippen LogP contribution is 2.43. The maximum Gasteiger partial charge on any atom is 0.255 e. The quantitative estimate of drug-likeness (QED) is 0.847. The van der Waals surface area contributed by atoms with Crippen molar-refractivity contribution < 1.29 is 19.0 Å². The summed E-state index contributed by atoms with van der Waals surface area (Å²) in [5.74, 6) is 0.604. The average molecular weight is 341 g/mol. The van der Waals surface area contributed by atoms with Crippen LogP contribution in [-0.2, 0) is 11.3 Å². The molecule has 0 unspecified atom stereocenters. The lowest BCUT2D eigenvalue weighted by molar-refractivity contribution is -0.0843. The Morgan fingerprint density at radius 1 is 1.08 bits per heavy atom. The summed E-state index contributed by atoms with van der Waals surface area (Å²) in [6.07, 6.45) is 1.51. The first-order valence-electron chi connectivity index (χ1n) is 8.50. The number of benzene rings is 2.